The van der Waals surface area contributed by atoms with E-state index in [2.05, 4.69) is 44.3 Å². The number of aliphatic hydroxyl groups excluding tert-OH is 5. The molecule has 1 fully saturated rings. The van der Waals surface area contributed by atoms with Gasteiger partial charge in [0.05, 0.1) is 25.4 Å². The van der Waals surface area contributed by atoms with E-state index in [4.69, 9.17) is 14.2 Å². The van der Waals surface area contributed by atoms with Crippen molar-refractivity contribution in [1.29, 1.82) is 0 Å². The predicted molar refractivity (Wildman–Crippen MR) is 301 cm³/mol. The highest BCUT2D eigenvalue weighted by atomic mass is 16.7. The molecule has 422 valence electrons. The van der Waals surface area contributed by atoms with E-state index < -0.39 is 67.4 Å². The van der Waals surface area contributed by atoms with Gasteiger partial charge in [-0.05, 0) is 70.6 Å². The first-order chi connectivity index (χ1) is 35.7. The number of carbonyl (C=O) groups excluding carboxylic acids is 2. The maximum atomic E-state index is 13.3. The molecule has 0 aliphatic carbocycles. The summed E-state index contributed by atoms with van der Waals surface area (Å²) in [6.45, 7) is 5.60. The van der Waals surface area contributed by atoms with Gasteiger partial charge in [0.25, 0.3) is 0 Å². The summed E-state index contributed by atoms with van der Waals surface area (Å²) in [4.78, 5) is 26.4. The predicted octanol–water partition coefficient (Wildman–Crippen LogP) is 13.6. The Kier molecular flexibility index (Phi) is 46.6. The van der Waals surface area contributed by atoms with Gasteiger partial charge in [-0.3, -0.25) is 9.59 Å². The lowest BCUT2D eigenvalue weighted by atomic mass is 9.99. The van der Waals surface area contributed by atoms with Gasteiger partial charge in [0.2, 0.25) is 5.91 Å². The summed E-state index contributed by atoms with van der Waals surface area (Å²) < 4.78 is 17.6. The zero-order valence-corrected chi connectivity index (χ0v) is 46.5. The first kappa shape index (κ1) is 68.1. The van der Waals surface area contributed by atoms with Crippen molar-refractivity contribution in [2.45, 2.75) is 294 Å². The van der Waals surface area contributed by atoms with Crippen LogP contribution in [0, 0.1) is 0 Å². The third-order valence-electron chi connectivity index (χ3n) is 13.7. The Bertz CT molecular complexity index is 1460. The highest BCUT2D eigenvalue weighted by molar-refractivity contribution is 5.80. The number of esters is 1. The molecule has 0 aromatic carbocycles. The fourth-order valence-corrected chi connectivity index (χ4v) is 8.95. The van der Waals surface area contributed by atoms with E-state index in [0.717, 1.165) is 64.2 Å². The molecule has 8 atom stereocenters. The molecule has 0 saturated carbocycles. The highest BCUT2D eigenvalue weighted by Gasteiger charge is 2.47. The molecule has 1 saturated heterocycles. The molecule has 0 bridgehead atoms. The van der Waals surface area contributed by atoms with Crippen molar-refractivity contribution >= 4 is 11.9 Å². The highest BCUT2D eigenvalue weighted by Crippen LogP contribution is 2.26. The summed E-state index contributed by atoms with van der Waals surface area (Å²) in [7, 11) is 0. The van der Waals surface area contributed by atoms with Gasteiger partial charge in [0.1, 0.15) is 24.4 Å². The normalized spacial score (nSPS) is 19.9. The number of hydrogen-bond acceptors (Lipinski definition) is 10. The van der Waals surface area contributed by atoms with Gasteiger partial charge in [0.15, 0.2) is 12.4 Å². The Morgan fingerprint density at radius 3 is 1.52 bits per heavy atom. The van der Waals surface area contributed by atoms with Crippen LogP contribution in [0.15, 0.2) is 72.9 Å². The Morgan fingerprint density at radius 2 is 1.00 bits per heavy atom. The van der Waals surface area contributed by atoms with E-state index >= 15 is 0 Å². The van der Waals surface area contributed by atoms with Gasteiger partial charge >= 0.3 is 5.97 Å². The number of allylic oxidation sites excluding steroid dienone is 11. The first-order valence-electron chi connectivity index (χ1n) is 29.8. The van der Waals surface area contributed by atoms with Crippen LogP contribution in [0.2, 0.25) is 0 Å². The number of unbranched alkanes of at least 4 members (excludes halogenated alkanes) is 28. The number of aliphatic hydroxyl groups is 5. The Hall–Kier alpha value is -2.90. The van der Waals surface area contributed by atoms with Crippen LogP contribution < -0.4 is 5.32 Å². The van der Waals surface area contributed by atoms with Crippen LogP contribution in [0.4, 0.5) is 0 Å². The van der Waals surface area contributed by atoms with Gasteiger partial charge in [-0.15, -0.1) is 0 Å². The van der Waals surface area contributed by atoms with Gasteiger partial charge in [-0.2, -0.15) is 0 Å². The zero-order valence-electron chi connectivity index (χ0n) is 46.5. The Labute approximate surface area is 445 Å². The molecule has 1 amide bonds. The molecule has 0 radical (unpaired) electrons. The van der Waals surface area contributed by atoms with Crippen molar-refractivity contribution in [2.24, 2.45) is 0 Å². The van der Waals surface area contributed by atoms with Gasteiger partial charge in [-0.1, -0.05) is 241 Å². The van der Waals surface area contributed by atoms with Crippen molar-refractivity contribution in [1.82, 2.24) is 5.32 Å². The molecule has 0 aromatic rings. The molecule has 1 aliphatic rings. The Morgan fingerprint density at radius 1 is 0.548 bits per heavy atom. The fourth-order valence-electron chi connectivity index (χ4n) is 8.95. The minimum absolute atomic E-state index is 0.116. The van der Waals surface area contributed by atoms with Crippen LogP contribution in [0.25, 0.3) is 0 Å². The number of rotatable bonds is 49. The lowest BCUT2D eigenvalue weighted by molar-refractivity contribution is -0.305. The van der Waals surface area contributed by atoms with Crippen molar-refractivity contribution in [3.05, 3.63) is 72.9 Å². The average Bonchev–Trinajstić information content (AvgIpc) is 3.39. The summed E-state index contributed by atoms with van der Waals surface area (Å²) >= 11 is 0. The van der Waals surface area contributed by atoms with E-state index in [1.165, 1.54) is 135 Å². The standard InChI is InChI=1S/C62H109NO10/c1-4-7-10-13-16-19-22-24-25-26-27-28-29-30-31-32-35-38-41-44-47-50-57(67)73-60-59(69)58(68)56(51-64)72-62(60)71-52-53(54(65)48-45-42-39-36-33-21-18-15-12-9-6-3)63-61(70)55(66)49-46-43-40-37-34-23-20-17-14-11-8-5-2/h8,11,14,17,20,23-25,34,37,45,48,53-56,58-60,62,64-66,68-69H,4-7,9-10,12-13,15-16,18-19,21-22,26-33,35-36,38-44,46-47,49-52H2,1-3H3,(H,63,70)/b11-8+,17-14+,23-20-,25-24+,37-34-,48-45+. The fraction of sp³-hybridized carbons (Fsp3) is 0.774. The summed E-state index contributed by atoms with van der Waals surface area (Å²) in [5.41, 5.74) is 0. The molecule has 8 unspecified atom stereocenters. The Balaban J connectivity index is 2.66. The third kappa shape index (κ3) is 38.3. The molecule has 0 spiro atoms. The van der Waals surface area contributed by atoms with E-state index in [9.17, 15) is 35.1 Å². The zero-order chi connectivity index (χ0) is 53.3. The number of ether oxygens (including phenoxy) is 3. The lowest BCUT2D eigenvalue weighted by Gasteiger charge is -2.41. The minimum atomic E-state index is -1.62. The quantitative estimate of drug-likeness (QED) is 0.0149. The van der Waals surface area contributed by atoms with E-state index in [0.29, 0.717) is 12.8 Å². The summed E-state index contributed by atoms with van der Waals surface area (Å²) in [5, 5.41) is 56.7. The summed E-state index contributed by atoms with van der Waals surface area (Å²) in [6, 6.07) is -1.05. The summed E-state index contributed by atoms with van der Waals surface area (Å²) in [5.74, 6) is -1.24. The molecule has 73 heavy (non-hydrogen) atoms. The molecular weight excluding hydrogens is 919 g/mol. The average molecular weight is 1030 g/mol. The van der Waals surface area contributed by atoms with Crippen molar-refractivity contribution in [2.75, 3.05) is 13.2 Å². The maximum Gasteiger partial charge on any atom is 0.306 e. The maximum absolute atomic E-state index is 13.3. The molecule has 11 heteroatoms. The first-order valence-corrected chi connectivity index (χ1v) is 29.8. The van der Waals surface area contributed by atoms with Gasteiger partial charge in [-0.25, -0.2) is 0 Å². The monoisotopic (exact) mass is 1030 g/mol. The van der Waals surface area contributed by atoms with E-state index in [-0.39, 0.29) is 19.4 Å². The number of hydrogen-bond donors (Lipinski definition) is 6. The third-order valence-corrected chi connectivity index (χ3v) is 13.7. The van der Waals surface area contributed by atoms with E-state index in [1.807, 2.05) is 48.6 Å². The molecule has 1 heterocycles. The minimum Gasteiger partial charge on any atom is -0.454 e. The van der Waals surface area contributed by atoms with Gasteiger partial charge < -0.3 is 45.1 Å². The number of nitrogens with one attached hydrogen (secondary N) is 1. The molecule has 1 rings (SSSR count). The van der Waals surface area contributed by atoms with Crippen LogP contribution in [0.3, 0.4) is 0 Å². The molecule has 1 aliphatic heterocycles. The number of amides is 1. The van der Waals surface area contributed by atoms with Crippen LogP contribution >= 0.6 is 0 Å². The van der Waals surface area contributed by atoms with Crippen LogP contribution in [-0.4, -0.2) is 99.6 Å². The smallest absolute Gasteiger partial charge is 0.306 e. The molecule has 11 nitrogen and oxygen atoms in total. The lowest BCUT2D eigenvalue weighted by Crippen LogP contribution is -2.61. The second-order valence-corrected chi connectivity index (χ2v) is 20.4. The second-order valence-electron chi connectivity index (χ2n) is 20.4. The molecule has 0 aromatic heterocycles. The molecular formula is C62H109NO10. The van der Waals surface area contributed by atoms with E-state index in [1.54, 1.807) is 6.08 Å². The van der Waals surface area contributed by atoms with Crippen LogP contribution in [0.5, 0.6) is 0 Å². The largest absolute Gasteiger partial charge is 0.454 e. The SMILES string of the molecule is CC/C=C/C=C/C=C\C=C/CCCCC(O)C(=O)NC(COC1OC(CO)C(O)C(O)C1OC(=O)CCCCCCCCCCCCC/C=C/CCCCCCCC)C(O)/C=C/CCCCCCCCCCC. The number of carbonyl (C=O) groups is 2. The van der Waals surface area contributed by atoms with Crippen LogP contribution in [0.1, 0.15) is 245 Å². The topological polar surface area (TPSA) is 175 Å². The summed E-state index contributed by atoms with van der Waals surface area (Å²) in [6.07, 6.45) is 52.5. The van der Waals surface area contributed by atoms with Crippen LogP contribution in [-0.2, 0) is 23.8 Å². The van der Waals surface area contributed by atoms with Crippen molar-refractivity contribution < 1.29 is 49.3 Å². The van der Waals surface area contributed by atoms with Crippen molar-refractivity contribution in [3.63, 3.8) is 0 Å². The molecule has 6 N–H and O–H groups in total. The van der Waals surface area contributed by atoms with Gasteiger partial charge in [0, 0.05) is 6.42 Å². The second kappa shape index (κ2) is 49.9. The van der Waals surface area contributed by atoms with Crippen molar-refractivity contribution in [3.8, 4) is 0 Å².